The van der Waals surface area contributed by atoms with Crippen molar-refractivity contribution in [3.05, 3.63) is 0 Å². The molecule has 0 aromatic carbocycles. The van der Waals surface area contributed by atoms with E-state index in [9.17, 15) is 9.59 Å². The van der Waals surface area contributed by atoms with Gasteiger partial charge in [0.05, 0.1) is 6.54 Å². The van der Waals surface area contributed by atoms with Crippen LogP contribution in [-0.2, 0) is 9.59 Å². The van der Waals surface area contributed by atoms with Crippen LogP contribution in [0.2, 0.25) is 0 Å². The van der Waals surface area contributed by atoms with Crippen molar-refractivity contribution in [3.63, 3.8) is 0 Å². The molecule has 0 unspecified atom stereocenters. The van der Waals surface area contributed by atoms with Gasteiger partial charge in [-0.1, -0.05) is 13.8 Å². The Hall–Kier alpha value is -0.810. The summed E-state index contributed by atoms with van der Waals surface area (Å²) in [7, 11) is 0. The highest BCUT2D eigenvalue weighted by Gasteiger charge is 2.19. The number of hydrogen-bond donors (Lipinski definition) is 3. The molecule has 0 bridgehead atoms. The number of carbonyl (C=O) groups is 2. The predicted molar refractivity (Wildman–Crippen MR) is 82.7 cm³/mol. The Morgan fingerprint density at radius 3 is 2.30 bits per heavy atom. The first kappa shape index (κ1) is 19.2. The van der Waals surface area contributed by atoms with E-state index in [2.05, 4.69) is 24.5 Å². The third-order valence-corrected chi connectivity index (χ3v) is 3.53. The van der Waals surface area contributed by atoms with Crippen molar-refractivity contribution in [1.29, 1.82) is 0 Å². The molecule has 1 fully saturated rings. The van der Waals surface area contributed by atoms with Gasteiger partial charge in [-0.05, 0) is 38.0 Å². The highest BCUT2D eigenvalue weighted by atomic mass is 35.5. The largest absolute Gasteiger partial charge is 0.352 e. The first-order chi connectivity index (χ1) is 8.97. The number of rotatable bonds is 6. The van der Waals surface area contributed by atoms with Crippen molar-refractivity contribution in [2.24, 2.45) is 11.7 Å². The number of carbonyl (C=O) groups excluding carboxylic acids is 2. The summed E-state index contributed by atoms with van der Waals surface area (Å²) in [5.74, 6) is 0.360. The van der Waals surface area contributed by atoms with E-state index in [4.69, 9.17) is 5.73 Å². The van der Waals surface area contributed by atoms with Gasteiger partial charge in [-0.2, -0.15) is 0 Å². The molecule has 1 rings (SSSR count). The van der Waals surface area contributed by atoms with Crippen molar-refractivity contribution in [3.8, 4) is 0 Å². The van der Waals surface area contributed by atoms with Gasteiger partial charge in [-0.25, -0.2) is 0 Å². The summed E-state index contributed by atoms with van der Waals surface area (Å²) >= 11 is 0. The summed E-state index contributed by atoms with van der Waals surface area (Å²) in [4.78, 5) is 23.2. The quantitative estimate of drug-likeness (QED) is 0.692. The number of amides is 2. The molecule has 0 aliphatic heterocycles. The van der Waals surface area contributed by atoms with Crippen LogP contribution in [0.5, 0.6) is 0 Å². The van der Waals surface area contributed by atoms with Crippen LogP contribution in [-0.4, -0.2) is 30.4 Å². The summed E-state index contributed by atoms with van der Waals surface area (Å²) in [5, 5.41) is 5.61. The minimum absolute atomic E-state index is 0. The second-order valence-electron chi connectivity index (χ2n) is 5.89. The van der Waals surface area contributed by atoms with E-state index in [0.717, 1.165) is 32.1 Å². The summed E-state index contributed by atoms with van der Waals surface area (Å²) in [6, 6.07) is 0.503. The molecule has 0 aromatic rings. The van der Waals surface area contributed by atoms with E-state index in [0.29, 0.717) is 12.3 Å². The third kappa shape index (κ3) is 8.38. The van der Waals surface area contributed by atoms with Crippen molar-refractivity contribution >= 4 is 24.2 Å². The van der Waals surface area contributed by atoms with Crippen molar-refractivity contribution < 1.29 is 9.59 Å². The Kier molecular flexibility index (Phi) is 9.59. The standard InChI is InChI=1S/C14H27N3O2.ClH/c1-10(2)3-8-13(18)16-9-14(19)17-12-6-4-11(15)5-7-12;/h10-12H,3-9,15H2,1-2H3,(H,16,18)(H,17,19);1H. The van der Waals surface area contributed by atoms with Crippen LogP contribution < -0.4 is 16.4 Å². The van der Waals surface area contributed by atoms with Crippen molar-refractivity contribution in [2.75, 3.05) is 6.54 Å². The minimum Gasteiger partial charge on any atom is -0.352 e. The van der Waals surface area contributed by atoms with Gasteiger partial charge in [-0.15, -0.1) is 12.4 Å². The average Bonchev–Trinajstić information content (AvgIpc) is 2.36. The highest BCUT2D eigenvalue weighted by molar-refractivity contribution is 5.85. The second-order valence-corrected chi connectivity index (χ2v) is 5.89. The normalized spacial score (nSPS) is 22.0. The zero-order valence-corrected chi connectivity index (χ0v) is 13.3. The van der Waals surface area contributed by atoms with Gasteiger partial charge in [0.25, 0.3) is 0 Å². The fourth-order valence-corrected chi connectivity index (χ4v) is 2.23. The van der Waals surface area contributed by atoms with Gasteiger partial charge in [0.2, 0.25) is 11.8 Å². The number of hydrogen-bond acceptors (Lipinski definition) is 3. The van der Waals surface area contributed by atoms with E-state index in [-0.39, 0.29) is 42.8 Å². The SMILES string of the molecule is CC(C)CCC(=O)NCC(=O)NC1CCC(N)CC1.Cl. The summed E-state index contributed by atoms with van der Waals surface area (Å²) in [6.45, 7) is 4.24. The van der Waals surface area contributed by atoms with Crippen molar-refractivity contribution in [1.82, 2.24) is 10.6 Å². The lowest BCUT2D eigenvalue weighted by Crippen LogP contribution is -2.44. The van der Waals surface area contributed by atoms with Gasteiger partial charge >= 0.3 is 0 Å². The lowest BCUT2D eigenvalue weighted by molar-refractivity contribution is -0.126. The molecule has 0 radical (unpaired) electrons. The lowest BCUT2D eigenvalue weighted by atomic mass is 9.92. The smallest absolute Gasteiger partial charge is 0.239 e. The van der Waals surface area contributed by atoms with Gasteiger partial charge < -0.3 is 16.4 Å². The molecule has 118 valence electrons. The van der Waals surface area contributed by atoms with E-state index in [1.54, 1.807) is 0 Å². The summed E-state index contributed by atoms with van der Waals surface area (Å²) in [6.07, 6.45) is 5.15. The molecule has 0 atom stereocenters. The fraction of sp³-hybridized carbons (Fsp3) is 0.857. The molecule has 0 spiro atoms. The third-order valence-electron chi connectivity index (χ3n) is 3.53. The molecule has 1 aliphatic rings. The number of halogens is 1. The Balaban J connectivity index is 0.00000361. The van der Waals surface area contributed by atoms with Crippen LogP contribution in [0.15, 0.2) is 0 Å². The topological polar surface area (TPSA) is 84.2 Å². The van der Waals surface area contributed by atoms with Gasteiger partial charge in [0.15, 0.2) is 0 Å². The van der Waals surface area contributed by atoms with E-state index >= 15 is 0 Å². The van der Waals surface area contributed by atoms with Crippen LogP contribution in [0.1, 0.15) is 52.4 Å². The van der Waals surface area contributed by atoms with E-state index in [1.807, 2.05) is 0 Å². The molecule has 0 heterocycles. The zero-order valence-electron chi connectivity index (χ0n) is 12.5. The zero-order chi connectivity index (χ0) is 14.3. The van der Waals surface area contributed by atoms with Crippen molar-refractivity contribution in [2.45, 2.75) is 64.5 Å². The molecule has 5 nitrogen and oxygen atoms in total. The fourth-order valence-electron chi connectivity index (χ4n) is 2.23. The average molecular weight is 306 g/mol. The summed E-state index contributed by atoms with van der Waals surface area (Å²) < 4.78 is 0. The van der Waals surface area contributed by atoms with E-state index < -0.39 is 0 Å². The van der Waals surface area contributed by atoms with Gasteiger partial charge in [0, 0.05) is 18.5 Å². The molecular formula is C14H28ClN3O2. The molecule has 6 heteroatoms. The highest BCUT2D eigenvalue weighted by Crippen LogP contribution is 2.16. The maximum absolute atomic E-state index is 11.7. The number of nitrogens with two attached hydrogens (primary N) is 1. The van der Waals surface area contributed by atoms with Crippen LogP contribution in [0, 0.1) is 5.92 Å². The molecule has 0 aromatic heterocycles. The molecule has 4 N–H and O–H groups in total. The Labute approximate surface area is 127 Å². The Morgan fingerprint density at radius 2 is 1.75 bits per heavy atom. The molecule has 1 saturated carbocycles. The minimum atomic E-state index is -0.0987. The molecule has 20 heavy (non-hydrogen) atoms. The van der Waals surface area contributed by atoms with Gasteiger partial charge in [-0.3, -0.25) is 9.59 Å². The van der Waals surface area contributed by atoms with Crippen LogP contribution >= 0.6 is 12.4 Å². The number of nitrogens with one attached hydrogen (secondary N) is 2. The van der Waals surface area contributed by atoms with Crippen LogP contribution in [0.3, 0.4) is 0 Å². The first-order valence-electron chi connectivity index (χ1n) is 7.29. The Morgan fingerprint density at radius 1 is 1.15 bits per heavy atom. The Bertz CT molecular complexity index is 303. The second kappa shape index (κ2) is 10.00. The molecule has 1 aliphatic carbocycles. The first-order valence-corrected chi connectivity index (χ1v) is 7.29. The van der Waals surface area contributed by atoms with Crippen LogP contribution in [0.25, 0.3) is 0 Å². The molecule has 0 saturated heterocycles. The van der Waals surface area contributed by atoms with E-state index in [1.165, 1.54) is 0 Å². The monoisotopic (exact) mass is 305 g/mol. The predicted octanol–water partition coefficient (Wildman–Crippen LogP) is 1.35. The summed E-state index contributed by atoms with van der Waals surface area (Å²) in [5.41, 5.74) is 5.81. The maximum Gasteiger partial charge on any atom is 0.239 e. The lowest BCUT2D eigenvalue weighted by Gasteiger charge is -2.26. The van der Waals surface area contributed by atoms with Gasteiger partial charge in [0.1, 0.15) is 0 Å². The molecule has 2 amide bonds. The van der Waals surface area contributed by atoms with Crippen LogP contribution in [0.4, 0.5) is 0 Å². The molecular weight excluding hydrogens is 278 g/mol. The maximum atomic E-state index is 11.7.